The number of hydrogen-bond acceptors (Lipinski definition) is 4. The van der Waals surface area contributed by atoms with E-state index in [9.17, 15) is 4.79 Å². The van der Waals surface area contributed by atoms with Gasteiger partial charge in [-0.05, 0) is 24.4 Å². The van der Waals surface area contributed by atoms with Crippen LogP contribution in [0.25, 0.3) is 0 Å². The molecule has 120 valence electrons. The van der Waals surface area contributed by atoms with Gasteiger partial charge in [0.2, 0.25) is 0 Å². The van der Waals surface area contributed by atoms with Gasteiger partial charge in [0, 0.05) is 12.3 Å². The van der Waals surface area contributed by atoms with Crippen LogP contribution in [0.2, 0.25) is 0 Å². The van der Waals surface area contributed by atoms with Crippen molar-refractivity contribution in [3.63, 3.8) is 0 Å². The van der Waals surface area contributed by atoms with Crippen LogP contribution in [0.3, 0.4) is 0 Å². The molecular formula is C17H24N2O3. The lowest BCUT2D eigenvalue weighted by Gasteiger charge is -2.26. The number of nitrogens with one attached hydrogen (secondary N) is 1. The van der Waals surface area contributed by atoms with Crippen molar-refractivity contribution in [2.75, 3.05) is 19.8 Å². The number of amides is 1. The molecule has 1 aromatic rings. The third-order valence-electron chi connectivity index (χ3n) is 4.93. The Balaban J connectivity index is 1.67. The normalized spacial score (nSPS) is 31.5. The van der Waals surface area contributed by atoms with Gasteiger partial charge < -0.3 is 20.5 Å². The highest BCUT2D eigenvalue weighted by molar-refractivity contribution is 5.70. The lowest BCUT2D eigenvalue weighted by Crippen LogP contribution is -2.46. The Kier molecular flexibility index (Phi) is 4.36. The van der Waals surface area contributed by atoms with E-state index in [2.05, 4.69) is 24.4 Å². The van der Waals surface area contributed by atoms with E-state index in [1.807, 2.05) is 18.2 Å². The molecule has 0 radical (unpaired) electrons. The van der Waals surface area contributed by atoms with Gasteiger partial charge in [-0.3, -0.25) is 0 Å². The molecule has 0 aromatic heterocycles. The maximum atomic E-state index is 12.2. The molecule has 22 heavy (non-hydrogen) atoms. The van der Waals surface area contributed by atoms with E-state index < -0.39 is 0 Å². The van der Waals surface area contributed by atoms with Gasteiger partial charge in [-0.2, -0.15) is 0 Å². The van der Waals surface area contributed by atoms with Gasteiger partial charge in [-0.15, -0.1) is 0 Å². The summed E-state index contributed by atoms with van der Waals surface area (Å²) in [6.45, 7) is 3.78. The molecule has 5 nitrogen and oxygen atoms in total. The minimum Gasteiger partial charge on any atom is -0.444 e. The van der Waals surface area contributed by atoms with Crippen LogP contribution in [0.4, 0.5) is 4.79 Å². The first-order valence-electron chi connectivity index (χ1n) is 7.97. The molecule has 4 atom stereocenters. The van der Waals surface area contributed by atoms with Crippen LogP contribution in [0.15, 0.2) is 30.3 Å². The third-order valence-corrected chi connectivity index (χ3v) is 4.93. The second kappa shape index (κ2) is 6.26. The smallest absolute Gasteiger partial charge is 0.407 e. The topological polar surface area (TPSA) is 73.6 Å². The molecule has 5 heteroatoms. The number of alkyl carbamates (subject to hydrolysis) is 1. The number of carbonyl (C=O) groups is 1. The molecule has 3 N–H and O–H groups in total. The zero-order chi connectivity index (χ0) is 15.6. The number of carbonyl (C=O) groups excluding carboxylic acids is 1. The molecule has 1 aliphatic heterocycles. The molecule has 2 fully saturated rings. The van der Waals surface area contributed by atoms with Gasteiger partial charge in [0.1, 0.15) is 6.10 Å². The Hall–Kier alpha value is -1.59. The van der Waals surface area contributed by atoms with Crippen LogP contribution >= 0.6 is 0 Å². The second-order valence-corrected chi connectivity index (χ2v) is 6.36. The fourth-order valence-electron chi connectivity index (χ4n) is 3.37. The highest BCUT2D eigenvalue weighted by Crippen LogP contribution is 2.55. The van der Waals surface area contributed by atoms with Crippen LogP contribution in [-0.4, -0.2) is 37.5 Å². The molecule has 0 spiro atoms. The van der Waals surface area contributed by atoms with Gasteiger partial charge in [-0.25, -0.2) is 4.79 Å². The Bertz CT molecular complexity index is 516. The largest absolute Gasteiger partial charge is 0.444 e. The van der Waals surface area contributed by atoms with E-state index >= 15 is 0 Å². The van der Waals surface area contributed by atoms with Crippen molar-refractivity contribution >= 4 is 6.09 Å². The first-order valence-corrected chi connectivity index (χ1v) is 7.97. The molecule has 1 aliphatic carbocycles. The quantitative estimate of drug-likeness (QED) is 0.873. The van der Waals surface area contributed by atoms with Crippen molar-refractivity contribution < 1.29 is 14.3 Å². The summed E-state index contributed by atoms with van der Waals surface area (Å²) in [6.07, 6.45) is 1.20. The van der Waals surface area contributed by atoms with E-state index in [1.165, 1.54) is 5.56 Å². The van der Waals surface area contributed by atoms with Crippen molar-refractivity contribution in [1.29, 1.82) is 0 Å². The van der Waals surface area contributed by atoms with Gasteiger partial charge in [0.15, 0.2) is 0 Å². The average Bonchev–Trinajstić information content (AvgIpc) is 3.03. The molecule has 1 saturated heterocycles. The molecule has 2 aliphatic rings. The summed E-state index contributed by atoms with van der Waals surface area (Å²) in [5, 5.41) is 3.10. The Labute approximate surface area is 131 Å². The molecular weight excluding hydrogens is 280 g/mol. The summed E-state index contributed by atoms with van der Waals surface area (Å²) in [7, 11) is 0. The summed E-state index contributed by atoms with van der Waals surface area (Å²) in [4.78, 5) is 12.2. The lowest BCUT2D eigenvalue weighted by molar-refractivity contribution is 0.0777. The van der Waals surface area contributed by atoms with Crippen molar-refractivity contribution in [3.05, 3.63) is 35.9 Å². The summed E-state index contributed by atoms with van der Waals surface area (Å²) < 4.78 is 10.7. The lowest BCUT2D eigenvalue weighted by atomic mass is 9.94. The highest BCUT2D eigenvalue weighted by Gasteiger charge is 2.59. The molecule has 1 unspecified atom stereocenters. The minimum absolute atomic E-state index is 0.126. The van der Waals surface area contributed by atoms with Crippen LogP contribution in [0.5, 0.6) is 0 Å². The van der Waals surface area contributed by atoms with Crippen LogP contribution in [0.1, 0.15) is 31.2 Å². The molecule has 3 rings (SSSR count). The maximum absolute atomic E-state index is 12.2. The Morgan fingerprint density at radius 2 is 2.27 bits per heavy atom. The fraction of sp³-hybridized carbons (Fsp3) is 0.588. The third kappa shape index (κ3) is 2.96. The summed E-state index contributed by atoms with van der Waals surface area (Å²) in [5.41, 5.74) is 6.82. The van der Waals surface area contributed by atoms with Crippen molar-refractivity contribution in [2.45, 2.75) is 37.3 Å². The van der Waals surface area contributed by atoms with Crippen LogP contribution in [0, 0.1) is 5.92 Å². The van der Waals surface area contributed by atoms with Crippen molar-refractivity contribution in [1.82, 2.24) is 5.32 Å². The average molecular weight is 304 g/mol. The number of nitrogens with two attached hydrogens (primary N) is 1. The number of hydrogen-bond donors (Lipinski definition) is 2. The first kappa shape index (κ1) is 15.3. The Morgan fingerprint density at radius 3 is 2.91 bits per heavy atom. The van der Waals surface area contributed by atoms with Crippen molar-refractivity contribution in [2.24, 2.45) is 11.7 Å². The summed E-state index contributed by atoms with van der Waals surface area (Å²) >= 11 is 0. The zero-order valence-electron chi connectivity index (χ0n) is 13.0. The summed E-state index contributed by atoms with van der Waals surface area (Å²) in [5.74, 6) is 0.504. The molecule has 0 bridgehead atoms. The van der Waals surface area contributed by atoms with Gasteiger partial charge >= 0.3 is 6.09 Å². The van der Waals surface area contributed by atoms with E-state index in [1.54, 1.807) is 0 Å². The molecule has 1 amide bonds. The SMILES string of the molecule is C[C@H](CN)C1(NC(=O)O[C@H]2CCOC2)C[C@H]1c1ccccc1. The minimum atomic E-state index is -0.353. The van der Waals surface area contributed by atoms with E-state index in [-0.39, 0.29) is 23.7 Å². The van der Waals surface area contributed by atoms with E-state index in [4.69, 9.17) is 15.2 Å². The van der Waals surface area contributed by atoms with Gasteiger partial charge in [0.25, 0.3) is 0 Å². The van der Waals surface area contributed by atoms with Crippen molar-refractivity contribution in [3.8, 4) is 0 Å². The standard InChI is InChI=1S/C17H24N2O3/c1-12(10-18)17(9-15(17)13-5-3-2-4-6-13)19-16(20)22-14-7-8-21-11-14/h2-6,12,14-15H,7-11,18H2,1H3,(H,19,20)/t12-,14+,15+,17?/m1/s1. The number of rotatable bonds is 5. The van der Waals surface area contributed by atoms with Crippen LogP contribution < -0.4 is 11.1 Å². The summed E-state index contributed by atoms with van der Waals surface area (Å²) in [6, 6.07) is 10.3. The molecule has 1 heterocycles. The monoisotopic (exact) mass is 304 g/mol. The second-order valence-electron chi connectivity index (χ2n) is 6.36. The first-order chi connectivity index (χ1) is 10.7. The predicted octanol–water partition coefficient (Wildman–Crippen LogP) is 2.02. The highest BCUT2D eigenvalue weighted by atomic mass is 16.6. The number of benzene rings is 1. The maximum Gasteiger partial charge on any atom is 0.407 e. The van der Waals surface area contributed by atoms with Gasteiger partial charge in [0.05, 0.1) is 18.8 Å². The van der Waals surface area contributed by atoms with E-state index in [0.717, 1.165) is 12.8 Å². The number of ether oxygens (including phenoxy) is 2. The predicted molar refractivity (Wildman–Crippen MR) is 83.6 cm³/mol. The molecule has 1 aromatic carbocycles. The Morgan fingerprint density at radius 1 is 1.50 bits per heavy atom. The fourth-order valence-corrected chi connectivity index (χ4v) is 3.37. The van der Waals surface area contributed by atoms with Crippen LogP contribution in [-0.2, 0) is 9.47 Å². The zero-order valence-corrected chi connectivity index (χ0v) is 13.0. The molecule has 1 saturated carbocycles. The van der Waals surface area contributed by atoms with Gasteiger partial charge in [-0.1, -0.05) is 37.3 Å². The van der Waals surface area contributed by atoms with E-state index in [0.29, 0.717) is 25.7 Å².